The molecular weight excluding hydrogens is 208 g/mol. The van der Waals surface area contributed by atoms with Crippen molar-refractivity contribution >= 4 is 0 Å². The first kappa shape index (κ1) is 11.2. The van der Waals surface area contributed by atoms with Crippen LogP contribution in [-0.4, -0.2) is 25.4 Å². The molecule has 1 aromatic carbocycles. The van der Waals surface area contributed by atoms with E-state index in [1.807, 2.05) is 12.1 Å². The number of aliphatic hydroxyl groups excluding tert-OH is 1. The van der Waals surface area contributed by atoms with Crippen molar-refractivity contribution in [2.24, 2.45) is 0 Å². The molecule has 88 valence electrons. The van der Waals surface area contributed by atoms with Gasteiger partial charge in [-0.1, -0.05) is 6.07 Å². The molecule has 1 aromatic rings. The van der Waals surface area contributed by atoms with Gasteiger partial charge in [0.15, 0.2) is 11.5 Å². The van der Waals surface area contributed by atoms with Gasteiger partial charge < -0.3 is 19.3 Å². The Morgan fingerprint density at radius 3 is 2.81 bits per heavy atom. The maximum absolute atomic E-state index is 9.80. The fourth-order valence-corrected chi connectivity index (χ4v) is 1.92. The van der Waals surface area contributed by atoms with E-state index in [1.165, 1.54) is 0 Å². The van der Waals surface area contributed by atoms with Crippen LogP contribution < -0.4 is 9.47 Å². The number of hydrogen-bond donors (Lipinski definition) is 1. The first-order valence-electron chi connectivity index (χ1n) is 5.32. The molecule has 0 aliphatic carbocycles. The fraction of sp³-hybridized carbons (Fsp3) is 0.500. The number of rotatable bonds is 3. The molecule has 0 aromatic heterocycles. The number of methoxy groups -OCH3 is 1. The maximum atomic E-state index is 9.80. The van der Waals surface area contributed by atoms with Gasteiger partial charge in [-0.15, -0.1) is 0 Å². The van der Waals surface area contributed by atoms with Crippen LogP contribution in [0.3, 0.4) is 0 Å². The minimum absolute atomic E-state index is 0.455. The van der Waals surface area contributed by atoms with E-state index in [-0.39, 0.29) is 0 Å². The Bertz CT molecular complexity index is 374. The second-order valence-electron chi connectivity index (χ2n) is 3.77. The second-order valence-corrected chi connectivity index (χ2v) is 3.77. The molecule has 0 radical (unpaired) electrons. The number of ether oxygens (including phenoxy) is 3. The highest BCUT2D eigenvalue weighted by atomic mass is 16.6. The van der Waals surface area contributed by atoms with Crippen molar-refractivity contribution in [2.45, 2.75) is 19.6 Å². The van der Waals surface area contributed by atoms with Gasteiger partial charge in [-0.25, -0.2) is 0 Å². The highest BCUT2D eigenvalue weighted by Gasteiger charge is 2.21. The van der Waals surface area contributed by atoms with Crippen LogP contribution in [0.1, 0.15) is 24.2 Å². The molecule has 2 rings (SSSR count). The van der Waals surface area contributed by atoms with Crippen molar-refractivity contribution in [1.29, 1.82) is 0 Å². The summed E-state index contributed by atoms with van der Waals surface area (Å²) in [5.41, 5.74) is 1.70. The van der Waals surface area contributed by atoms with Crippen LogP contribution in [0.4, 0.5) is 0 Å². The Morgan fingerprint density at radius 2 is 2.12 bits per heavy atom. The van der Waals surface area contributed by atoms with Crippen LogP contribution in [0.15, 0.2) is 12.1 Å². The van der Waals surface area contributed by atoms with E-state index in [0.717, 1.165) is 11.1 Å². The molecule has 1 unspecified atom stereocenters. The topological polar surface area (TPSA) is 47.9 Å². The molecule has 0 bridgehead atoms. The Labute approximate surface area is 94.8 Å². The van der Waals surface area contributed by atoms with Crippen LogP contribution in [0.5, 0.6) is 11.5 Å². The van der Waals surface area contributed by atoms with Crippen LogP contribution >= 0.6 is 0 Å². The molecule has 0 fully saturated rings. The fourth-order valence-electron chi connectivity index (χ4n) is 1.92. The van der Waals surface area contributed by atoms with Gasteiger partial charge in [0.2, 0.25) is 0 Å². The van der Waals surface area contributed by atoms with E-state index in [2.05, 4.69) is 0 Å². The van der Waals surface area contributed by atoms with Crippen molar-refractivity contribution in [3.8, 4) is 11.5 Å². The van der Waals surface area contributed by atoms with E-state index in [1.54, 1.807) is 14.0 Å². The van der Waals surface area contributed by atoms with Crippen molar-refractivity contribution in [3.63, 3.8) is 0 Å². The first-order valence-corrected chi connectivity index (χ1v) is 5.32. The summed E-state index contributed by atoms with van der Waals surface area (Å²) in [6, 6.07) is 3.76. The van der Waals surface area contributed by atoms with Gasteiger partial charge in [-0.2, -0.15) is 0 Å². The number of benzene rings is 1. The minimum atomic E-state index is -0.596. The van der Waals surface area contributed by atoms with Crippen LogP contribution in [0.25, 0.3) is 0 Å². The summed E-state index contributed by atoms with van der Waals surface area (Å²) in [6.45, 7) is 3.24. The zero-order chi connectivity index (χ0) is 11.5. The normalized spacial score (nSPS) is 15.9. The molecule has 1 N–H and O–H groups in total. The van der Waals surface area contributed by atoms with E-state index >= 15 is 0 Å². The highest BCUT2D eigenvalue weighted by Crippen LogP contribution is 2.39. The third kappa shape index (κ3) is 1.99. The summed E-state index contributed by atoms with van der Waals surface area (Å²) in [5.74, 6) is 1.35. The Morgan fingerprint density at radius 1 is 1.38 bits per heavy atom. The van der Waals surface area contributed by atoms with Gasteiger partial charge in [-0.3, -0.25) is 0 Å². The van der Waals surface area contributed by atoms with Crippen molar-refractivity contribution in [1.82, 2.24) is 0 Å². The van der Waals surface area contributed by atoms with Gasteiger partial charge in [-0.05, 0) is 18.6 Å². The summed E-state index contributed by atoms with van der Waals surface area (Å²) in [4.78, 5) is 0. The summed E-state index contributed by atoms with van der Waals surface area (Å²) in [5, 5.41) is 9.80. The molecule has 0 saturated heterocycles. The van der Waals surface area contributed by atoms with E-state index in [9.17, 15) is 5.11 Å². The summed E-state index contributed by atoms with van der Waals surface area (Å²) in [7, 11) is 1.63. The quantitative estimate of drug-likeness (QED) is 0.848. The lowest BCUT2D eigenvalue weighted by Gasteiger charge is -2.24. The lowest BCUT2D eigenvalue weighted by atomic mass is 10.0. The summed E-state index contributed by atoms with van der Waals surface area (Å²) in [6.07, 6.45) is -0.596. The van der Waals surface area contributed by atoms with Crippen LogP contribution in [0.2, 0.25) is 0 Å². The standard InChI is InChI=1S/C12H16O4/c1-8(13)11-9(7-14-2)3-4-10-12(11)16-6-5-15-10/h3-4,8,13H,5-7H2,1-2H3. The SMILES string of the molecule is COCc1ccc2c(c1C(C)O)OCCO2. The lowest BCUT2D eigenvalue weighted by Crippen LogP contribution is -2.18. The van der Waals surface area contributed by atoms with Gasteiger partial charge >= 0.3 is 0 Å². The predicted octanol–water partition coefficient (Wildman–Crippen LogP) is 1.66. The third-order valence-electron chi connectivity index (χ3n) is 2.56. The highest BCUT2D eigenvalue weighted by molar-refractivity contribution is 5.52. The second kappa shape index (κ2) is 4.72. The molecule has 0 amide bonds. The number of fused-ring (bicyclic) bond motifs is 1. The maximum Gasteiger partial charge on any atom is 0.167 e. The average Bonchev–Trinajstić information content (AvgIpc) is 2.28. The third-order valence-corrected chi connectivity index (χ3v) is 2.56. The summed E-state index contributed by atoms with van der Waals surface area (Å²) >= 11 is 0. The Balaban J connectivity index is 2.48. The average molecular weight is 224 g/mol. The van der Waals surface area contributed by atoms with Gasteiger partial charge in [0, 0.05) is 12.7 Å². The smallest absolute Gasteiger partial charge is 0.167 e. The molecule has 0 spiro atoms. The van der Waals surface area contributed by atoms with Gasteiger partial charge in [0.25, 0.3) is 0 Å². The predicted molar refractivity (Wildman–Crippen MR) is 58.8 cm³/mol. The first-order chi connectivity index (χ1) is 7.74. The van der Waals surface area contributed by atoms with Crippen molar-refractivity contribution in [2.75, 3.05) is 20.3 Å². The van der Waals surface area contributed by atoms with E-state index in [4.69, 9.17) is 14.2 Å². The molecule has 16 heavy (non-hydrogen) atoms. The number of hydrogen-bond acceptors (Lipinski definition) is 4. The molecule has 1 atom stereocenters. The molecule has 1 aliphatic rings. The molecule has 4 nitrogen and oxygen atoms in total. The van der Waals surface area contributed by atoms with Crippen LogP contribution in [-0.2, 0) is 11.3 Å². The van der Waals surface area contributed by atoms with Crippen molar-refractivity contribution < 1.29 is 19.3 Å². The van der Waals surface area contributed by atoms with Gasteiger partial charge in [0.1, 0.15) is 13.2 Å². The Kier molecular flexibility index (Phi) is 3.31. The lowest BCUT2D eigenvalue weighted by molar-refractivity contribution is 0.145. The van der Waals surface area contributed by atoms with Crippen LogP contribution in [0, 0.1) is 0 Å². The van der Waals surface area contributed by atoms with Crippen molar-refractivity contribution in [3.05, 3.63) is 23.3 Å². The van der Waals surface area contributed by atoms with Gasteiger partial charge in [0.05, 0.1) is 12.7 Å². The molecular formula is C12H16O4. The summed E-state index contributed by atoms with van der Waals surface area (Å²) < 4.78 is 16.1. The zero-order valence-electron chi connectivity index (χ0n) is 9.53. The number of aliphatic hydroxyl groups is 1. The minimum Gasteiger partial charge on any atom is -0.486 e. The van der Waals surface area contributed by atoms with E-state index < -0.39 is 6.10 Å². The molecule has 1 aliphatic heterocycles. The van der Waals surface area contributed by atoms with E-state index in [0.29, 0.717) is 31.3 Å². The molecule has 1 heterocycles. The monoisotopic (exact) mass is 224 g/mol. The molecule has 0 saturated carbocycles. The molecule has 4 heteroatoms. The largest absolute Gasteiger partial charge is 0.486 e. The zero-order valence-corrected chi connectivity index (χ0v) is 9.53. The Hall–Kier alpha value is -1.26.